The van der Waals surface area contributed by atoms with Crippen molar-refractivity contribution in [3.05, 3.63) is 18.2 Å². The van der Waals surface area contributed by atoms with Gasteiger partial charge in [-0.3, -0.25) is 9.59 Å². The lowest BCUT2D eigenvalue weighted by atomic mass is 10.2. The van der Waals surface area contributed by atoms with Crippen LogP contribution >= 0.6 is 11.8 Å². The maximum Gasteiger partial charge on any atom is 0.248 e. The zero-order valence-corrected chi connectivity index (χ0v) is 12.9. The van der Waals surface area contributed by atoms with E-state index in [0.717, 1.165) is 6.42 Å². The number of ether oxygens (including phenoxy) is 2. The summed E-state index contributed by atoms with van der Waals surface area (Å²) in [6, 6.07) is 4.88. The summed E-state index contributed by atoms with van der Waals surface area (Å²) < 4.78 is 10.6. The lowest BCUT2D eigenvalue weighted by molar-refractivity contribution is -0.135. The van der Waals surface area contributed by atoms with Crippen molar-refractivity contribution in [2.75, 3.05) is 17.9 Å². The maximum atomic E-state index is 12.6. The molecule has 1 N–H and O–H groups in total. The van der Waals surface area contributed by atoms with Gasteiger partial charge in [0.15, 0.2) is 11.5 Å². The van der Waals surface area contributed by atoms with Crippen LogP contribution in [-0.2, 0) is 9.59 Å². The highest BCUT2D eigenvalue weighted by molar-refractivity contribution is 8.01. The Morgan fingerprint density at radius 3 is 3.09 bits per heavy atom. The number of fused-ring (bicyclic) bond motifs is 2. The summed E-state index contributed by atoms with van der Waals surface area (Å²) in [5, 5.41) is 2.88. The molecule has 0 aliphatic carbocycles. The SMILES string of the molecule is C[C@@]12CCC(=O)N1[C@H](C(=O)Nc1ccc3c(c1)OCO3)CS2. The fourth-order valence-corrected chi connectivity index (χ4v) is 4.65. The predicted octanol–water partition coefficient (Wildman–Crippen LogP) is 1.81. The minimum atomic E-state index is -0.407. The molecular weight excluding hydrogens is 304 g/mol. The van der Waals surface area contributed by atoms with Crippen molar-refractivity contribution in [2.24, 2.45) is 0 Å². The summed E-state index contributed by atoms with van der Waals surface area (Å²) in [5.41, 5.74) is 0.652. The topological polar surface area (TPSA) is 67.9 Å². The zero-order valence-electron chi connectivity index (χ0n) is 12.1. The van der Waals surface area contributed by atoms with Crippen LogP contribution in [0.4, 0.5) is 5.69 Å². The molecule has 1 aromatic carbocycles. The van der Waals surface area contributed by atoms with Crippen molar-refractivity contribution in [3.63, 3.8) is 0 Å². The third kappa shape index (κ3) is 2.03. The summed E-state index contributed by atoms with van der Waals surface area (Å²) in [7, 11) is 0. The second-order valence-electron chi connectivity index (χ2n) is 5.82. The molecule has 0 radical (unpaired) electrons. The van der Waals surface area contributed by atoms with Crippen LogP contribution in [0.25, 0.3) is 0 Å². The fourth-order valence-electron chi connectivity index (χ4n) is 3.21. The van der Waals surface area contributed by atoms with Gasteiger partial charge in [0, 0.05) is 23.9 Å². The van der Waals surface area contributed by atoms with E-state index < -0.39 is 6.04 Å². The molecule has 2 atom stereocenters. The van der Waals surface area contributed by atoms with Gasteiger partial charge in [0.1, 0.15) is 6.04 Å². The highest BCUT2D eigenvalue weighted by Gasteiger charge is 2.52. The molecule has 2 fully saturated rings. The van der Waals surface area contributed by atoms with Gasteiger partial charge in [-0.05, 0) is 25.5 Å². The van der Waals surface area contributed by atoms with Gasteiger partial charge >= 0.3 is 0 Å². The number of amides is 2. The molecule has 2 saturated heterocycles. The minimum absolute atomic E-state index is 0.0679. The molecule has 1 aromatic rings. The largest absolute Gasteiger partial charge is 0.454 e. The van der Waals surface area contributed by atoms with E-state index in [1.165, 1.54) is 0 Å². The Bertz CT molecular complexity index is 665. The molecule has 116 valence electrons. The molecule has 0 saturated carbocycles. The monoisotopic (exact) mass is 320 g/mol. The van der Waals surface area contributed by atoms with E-state index in [-0.39, 0.29) is 23.5 Å². The molecule has 22 heavy (non-hydrogen) atoms. The first-order chi connectivity index (χ1) is 10.6. The van der Waals surface area contributed by atoms with E-state index in [1.54, 1.807) is 34.9 Å². The van der Waals surface area contributed by atoms with Crippen molar-refractivity contribution >= 4 is 29.3 Å². The Kier molecular flexibility index (Phi) is 3.00. The van der Waals surface area contributed by atoms with Crippen LogP contribution in [-0.4, -0.2) is 40.2 Å². The molecule has 3 aliphatic rings. The predicted molar refractivity (Wildman–Crippen MR) is 81.9 cm³/mol. The summed E-state index contributed by atoms with van der Waals surface area (Å²) in [6.07, 6.45) is 1.33. The lowest BCUT2D eigenvalue weighted by Gasteiger charge is -2.29. The van der Waals surface area contributed by atoms with Crippen LogP contribution in [0.1, 0.15) is 19.8 Å². The van der Waals surface area contributed by atoms with E-state index in [1.807, 2.05) is 6.92 Å². The third-order valence-electron chi connectivity index (χ3n) is 4.39. The van der Waals surface area contributed by atoms with E-state index >= 15 is 0 Å². The normalized spacial score (nSPS) is 28.9. The first kappa shape index (κ1) is 13.8. The van der Waals surface area contributed by atoms with Crippen LogP contribution in [0.2, 0.25) is 0 Å². The van der Waals surface area contributed by atoms with Crippen LogP contribution in [0.3, 0.4) is 0 Å². The molecule has 3 heterocycles. The highest BCUT2D eigenvalue weighted by Crippen LogP contribution is 2.47. The Labute approximate surface area is 132 Å². The second-order valence-corrected chi connectivity index (χ2v) is 7.32. The summed E-state index contributed by atoms with van der Waals surface area (Å²) in [5.74, 6) is 1.86. The van der Waals surface area contributed by atoms with Crippen molar-refractivity contribution in [1.82, 2.24) is 4.90 Å². The summed E-state index contributed by atoms with van der Waals surface area (Å²) in [6.45, 7) is 2.24. The number of carbonyl (C=O) groups is 2. The Morgan fingerprint density at radius 2 is 2.23 bits per heavy atom. The first-order valence-corrected chi connectivity index (χ1v) is 8.22. The van der Waals surface area contributed by atoms with Crippen molar-refractivity contribution in [3.8, 4) is 11.5 Å². The maximum absolute atomic E-state index is 12.6. The number of carbonyl (C=O) groups excluding carboxylic acids is 2. The van der Waals surface area contributed by atoms with Crippen molar-refractivity contribution < 1.29 is 19.1 Å². The molecule has 0 bridgehead atoms. The fraction of sp³-hybridized carbons (Fsp3) is 0.467. The zero-order chi connectivity index (χ0) is 15.3. The minimum Gasteiger partial charge on any atom is -0.454 e. The smallest absolute Gasteiger partial charge is 0.248 e. The standard InChI is InChI=1S/C15H16N2O4S/c1-15-5-4-13(18)17(15)10(7-22-15)14(19)16-9-2-3-11-12(6-9)21-8-20-11/h2-3,6,10H,4-5,7-8H2,1H3,(H,16,19)/t10-,15+/m0/s1. The number of thioether (sulfide) groups is 1. The number of hydrogen-bond acceptors (Lipinski definition) is 5. The van der Waals surface area contributed by atoms with E-state index in [9.17, 15) is 9.59 Å². The number of hydrogen-bond donors (Lipinski definition) is 1. The molecule has 6 nitrogen and oxygen atoms in total. The van der Waals surface area contributed by atoms with E-state index in [2.05, 4.69) is 5.32 Å². The van der Waals surface area contributed by atoms with Crippen LogP contribution in [0.15, 0.2) is 18.2 Å². The number of anilines is 1. The summed E-state index contributed by atoms with van der Waals surface area (Å²) in [4.78, 5) is 26.2. The average molecular weight is 320 g/mol. The molecule has 4 rings (SSSR count). The highest BCUT2D eigenvalue weighted by atomic mass is 32.2. The molecule has 7 heteroatoms. The van der Waals surface area contributed by atoms with Gasteiger partial charge in [0.25, 0.3) is 0 Å². The molecule has 0 unspecified atom stereocenters. The van der Waals surface area contributed by atoms with Crippen LogP contribution in [0.5, 0.6) is 11.5 Å². The summed E-state index contributed by atoms with van der Waals surface area (Å²) >= 11 is 1.69. The molecule has 2 amide bonds. The molecular formula is C15H16N2O4S. The van der Waals surface area contributed by atoms with Crippen LogP contribution < -0.4 is 14.8 Å². The Morgan fingerprint density at radius 1 is 1.41 bits per heavy atom. The molecule has 0 spiro atoms. The molecule has 3 aliphatic heterocycles. The lowest BCUT2D eigenvalue weighted by Crippen LogP contribution is -2.48. The number of benzene rings is 1. The van der Waals surface area contributed by atoms with Crippen LogP contribution in [0, 0.1) is 0 Å². The molecule has 0 aromatic heterocycles. The quantitative estimate of drug-likeness (QED) is 0.900. The second kappa shape index (κ2) is 4.81. The first-order valence-electron chi connectivity index (χ1n) is 7.23. The van der Waals surface area contributed by atoms with Gasteiger partial charge in [-0.25, -0.2) is 0 Å². The van der Waals surface area contributed by atoms with E-state index in [4.69, 9.17) is 9.47 Å². The van der Waals surface area contributed by atoms with Gasteiger partial charge in [0.2, 0.25) is 18.6 Å². The van der Waals surface area contributed by atoms with E-state index in [0.29, 0.717) is 29.4 Å². The Balaban J connectivity index is 1.52. The van der Waals surface area contributed by atoms with Crippen molar-refractivity contribution in [2.45, 2.75) is 30.7 Å². The number of nitrogens with one attached hydrogen (secondary N) is 1. The van der Waals surface area contributed by atoms with Gasteiger partial charge in [-0.15, -0.1) is 11.8 Å². The number of nitrogens with zero attached hydrogens (tertiary/aromatic N) is 1. The van der Waals surface area contributed by atoms with Gasteiger partial charge in [-0.2, -0.15) is 0 Å². The third-order valence-corrected chi connectivity index (χ3v) is 5.89. The number of rotatable bonds is 2. The van der Waals surface area contributed by atoms with Gasteiger partial charge < -0.3 is 19.7 Å². The van der Waals surface area contributed by atoms with Gasteiger partial charge in [0.05, 0.1) is 4.87 Å². The Hall–Kier alpha value is -1.89. The van der Waals surface area contributed by atoms with Gasteiger partial charge in [-0.1, -0.05) is 0 Å². The average Bonchev–Trinajstić information content (AvgIpc) is 3.15. The van der Waals surface area contributed by atoms with Crippen molar-refractivity contribution in [1.29, 1.82) is 0 Å².